The van der Waals surface area contributed by atoms with Crippen molar-refractivity contribution in [1.82, 2.24) is 19.6 Å². The third-order valence-electron chi connectivity index (χ3n) is 5.89. The largest absolute Gasteiger partial charge is 0.324 e. The van der Waals surface area contributed by atoms with Crippen molar-refractivity contribution in [3.8, 4) is 5.69 Å². The molecule has 34 heavy (non-hydrogen) atoms. The van der Waals surface area contributed by atoms with Gasteiger partial charge in [-0.1, -0.05) is 23.8 Å². The van der Waals surface area contributed by atoms with Gasteiger partial charge in [0, 0.05) is 29.1 Å². The maximum absolute atomic E-state index is 13.5. The number of amides is 1. The van der Waals surface area contributed by atoms with Gasteiger partial charge >= 0.3 is 0 Å². The highest BCUT2D eigenvalue weighted by molar-refractivity contribution is 5.91. The maximum Gasteiger partial charge on any atom is 0.293 e. The van der Waals surface area contributed by atoms with E-state index in [1.807, 2.05) is 32.0 Å². The molecule has 1 aliphatic rings. The number of fused-ring (bicyclic) bond motifs is 1. The van der Waals surface area contributed by atoms with Crippen LogP contribution < -0.4 is 10.9 Å². The molecule has 1 fully saturated rings. The summed E-state index contributed by atoms with van der Waals surface area (Å²) in [6, 6.07) is 11.6. The number of carbonyl (C=O) groups excluding carboxylic acids is 1. The molecular weight excluding hydrogens is 436 g/mol. The quantitative estimate of drug-likeness (QED) is 0.347. The van der Waals surface area contributed by atoms with Crippen LogP contribution in [0.5, 0.6) is 0 Å². The number of hydrogen-bond acceptors (Lipinski definition) is 6. The Bertz CT molecular complexity index is 1520. The number of hydrogen-bond donors (Lipinski definition) is 1. The molecule has 0 saturated heterocycles. The Labute approximate surface area is 194 Å². The fraction of sp³-hybridized carbons (Fsp3) is 0.250. The van der Waals surface area contributed by atoms with Crippen molar-refractivity contribution in [2.75, 3.05) is 5.32 Å². The monoisotopic (exact) mass is 458 g/mol. The Morgan fingerprint density at radius 1 is 1.21 bits per heavy atom. The highest BCUT2D eigenvalue weighted by Gasteiger charge is 2.30. The minimum Gasteiger partial charge on any atom is -0.324 e. The number of nitro benzene ring substituents is 1. The van der Waals surface area contributed by atoms with Gasteiger partial charge in [0.1, 0.15) is 12.1 Å². The van der Waals surface area contributed by atoms with Crippen LogP contribution in [0.4, 0.5) is 11.4 Å². The van der Waals surface area contributed by atoms with Crippen molar-refractivity contribution in [2.45, 2.75) is 39.2 Å². The second-order valence-corrected chi connectivity index (χ2v) is 8.59. The first-order valence-electron chi connectivity index (χ1n) is 10.9. The molecule has 0 unspecified atom stereocenters. The lowest BCUT2D eigenvalue weighted by Gasteiger charge is -2.12. The van der Waals surface area contributed by atoms with Crippen LogP contribution >= 0.6 is 0 Å². The van der Waals surface area contributed by atoms with Crippen LogP contribution in [0.1, 0.15) is 35.6 Å². The van der Waals surface area contributed by atoms with E-state index in [2.05, 4.69) is 15.5 Å². The summed E-state index contributed by atoms with van der Waals surface area (Å²) in [4.78, 5) is 36.7. The fourth-order valence-electron chi connectivity index (χ4n) is 4.12. The third-order valence-corrected chi connectivity index (χ3v) is 5.89. The number of rotatable bonds is 6. The van der Waals surface area contributed by atoms with Crippen LogP contribution in [-0.4, -0.2) is 30.4 Å². The number of non-ortho nitro benzene ring substituents is 1. The topological polar surface area (TPSA) is 125 Å². The average Bonchev–Trinajstić information content (AvgIpc) is 3.54. The van der Waals surface area contributed by atoms with Gasteiger partial charge in [-0.3, -0.25) is 19.7 Å². The molecule has 10 nitrogen and oxygen atoms in total. The molecule has 0 radical (unpaired) electrons. The van der Waals surface area contributed by atoms with Crippen molar-refractivity contribution >= 4 is 28.2 Å². The molecule has 2 aromatic heterocycles. The van der Waals surface area contributed by atoms with Crippen LogP contribution in [0.15, 0.2) is 53.5 Å². The van der Waals surface area contributed by atoms with E-state index < -0.39 is 16.4 Å². The molecule has 1 N–H and O–H groups in total. The van der Waals surface area contributed by atoms with Crippen LogP contribution in [0.3, 0.4) is 0 Å². The molecule has 5 rings (SSSR count). The van der Waals surface area contributed by atoms with E-state index >= 15 is 0 Å². The van der Waals surface area contributed by atoms with Crippen molar-refractivity contribution < 1.29 is 9.72 Å². The van der Waals surface area contributed by atoms with Crippen LogP contribution in [0.2, 0.25) is 0 Å². The molecular formula is C24H22N6O4. The molecule has 1 amide bonds. The van der Waals surface area contributed by atoms with Gasteiger partial charge in [-0.2, -0.15) is 10.2 Å². The molecule has 0 spiro atoms. The van der Waals surface area contributed by atoms with Crippen molar-refractivity contribution in [1.29, 1.82) is 0 Å². The highest BCUT2D eigenvalue weighted by Crippen LogP contribution is 2.41. The summed E-state index contributed by atoms with van der Waals surface area (Å²) >= 11 is 0. The molecule has 0 bridgehead atoms. The van der Waals surface area contributed by atoms with Crippen molar-refractivity contribution in [3.63, 3.8) is 0 Å². The Morgan fingerprint density at radius 2 is 2.00 bits per heavy atom. The van der Waals surface area contributed by atoms with E-state index in [0.717, 1.165) is 40.0 Å². The summed E-state index contributed by atoms with van der Waals surface area (Å²) in [5, 5.41) is 23.3. The first-order chi connectivity index (χ1) is 16.3. The number of nitrogens with one attached hydrogen (secondary N) is 1. The van der Waals surface area contributed by atoms with Gasteiger partial charge in [-0.15, -0.1) is 0 Å². The lowest BCUT2D eigenvalue weighted by molar-refractivity contribution is -0.384. The van der Waals surface area contributed by atoms with Gasteiger partial charge in [0.05, 0.1) is 22.5 Å². The lowest BCUT2D eigenvalue weighted by Crippen LogP contribution is -2.31. The summed E-state index contributed by atoms with van der Waals surface area (Å²) in [6.45, 7) is 3.64. The summed E-state index contributed by atoms with van der Waals surface area (Å²) in [5.74, 6) is -0.278. The number of carbonyl (C=O) groups is 1. The maximum atomic E-state index is 13.5. The van der Waals surface area contributed by atoms with Crippen LogP contribution in [0.25, 0.3) is 16.6 Å². The highest BCUT2D eigenvalue weighted by atomic mass is 16.6. The SMILES string of the molecule is Cc1ccc(-n2ncc3c(C4CC4)nn(CC(=O)Nc4cccc([N+](=O)[O-])c4)c(=O)c32)c(C)c1. The molecule has 172 valence electrons. The number of aryl methyl sites for hydroxylation is 2. The Hall–Kier alpha value is -4.34. The van der Waals surface area contributed by atoms with E-state index in [4.69, 9.17) is 0 Å². The van der Waals surface area contributed by atoms with Crippen molar-refractivity contribution in [2.24, 2.45) is 0 Å². The summed E-state index contributed by atoms with van der Waals surface area (Å²) < 4.78 is 2.78. The lowest BCUT2D eigenvalue weighted by atomic mass is 10.1. The normalized spacial score (nSPS) is 13.2. The zero-order valence-corrected chi connectivity index (χ0v) is 18.7. The van der Waals surface area contributed by atoms with E-state index in [9.17, 15) is 19.7 Å². The van der Waals surface area contributed by atoms with Gasteiger partial charge in [0.15, 0.2) is 0 Å². The Balaban J connectivity index is 1.54. The fourth-order valence-corrected chi connectivity index (χ4v) is 4.12. The van der Waals surface area contributed by atoms with Gasteiger partial charge in [-0.25, -0.2) is 9.36 Å². The van der Waals surface area contributed by atoms with Crippen molar-refractivity contribution in [3.05, 3.63) is 86.0 Å². The molecule has 0 aliphatic heterocycles. The van der Waals surface area contributed by atoms with Crippen LogP contribution in [-0.2, 0) is 11.3 Å². The summed E-state index contributed by atoms with van der Waals surface area (Å²) in [5.41, 5.74) is 3.72. The number of nitro groups is 1. The molecule has 10 heteroatoms. The van der Waals surface area contributed by atoms with Gasteiger partial charge in [0.2, 0.25) is 5.91 Å². The minimum atomic E-state index is -0.536. The molecule has 2 heterocycles. The Kier molecular flexibility index (Phi) is 5.20. The second kappa shape index (κ2) is 8.22. The standard InChI is InChI=1S/C24H22N6O4/c1-14-6-9-20(15(2)10-14)29-23-19(12-25-29)22(16-7-8-16)27-28(24(23)32)13-21(31)26-17-4-3-5-18(11-17)30(33)34/h3-6,9-12,16H,7-8,13H2,1-2H3,(H,26,31). The predicted octanol–water partition coefficient (Wildman–Crippen LogP) is 3.62. The van der Waals surface area contributed by atoms with E-state index in [1.54, 1.807) is 16.9 Å². The summed E-state index contributed by atoms with van der Waals surface area (Å²) in [6.07, 6.45) is 3.61. The zero-order chi connectivity index (χ0) is 24.0. The minimum absolute atomic E-state index is 0.136. The smallest absolute Gasteiger partial charge is 0.293 e. The average molecular weight is 458 g/mol. The number of anilines is 1. The molecule has 0 atom stereocenters. The third kappa shape index (κ3) is 3.94. The molecule has 4 aromatic rings. The molecule has 1 aliphatic carbocycles. The Morgan fingerprint density at radius 3 is 2.71 bits per heavy atom. The number of aromatic nitrogens is 4. The molecule has 2 aromatic carbocycles. The number of benzene rings is 2. The van der Waals surface area contributed by atoms with E-state index in [-0.39, 0.29) is 23.8 Å². The molecule has 1 saturated carbocycles. The van der Waals surface area contributed by atoms with Gasteiger partial charge in [0.25, 0.3) is 11.2 Å². The first-order valence-corrected chi connectivity index (χ1v) is 10.9. The number of nitrogens with zero attached hydrogens (tertiary/aromatic N) is 5. The van der Waals surface area contributed by atoms with Gasteiger partial charge in [-0.05, 0) is 44.4 Å². The van der Waals surface area contributed by atoms with Gasteiger partial charge < -0.3 is 5.32 Å². The predicted molar refractivity (Wildman–Crippen MR) is 126 cm³/mol. The van der Waals surface area contributed by atoms with E-state index in [0.29, 0.717) is 10.9 Å². The summed E-state index contributed by atoms with van der Waals surface area (Å²) in [7, 11) is 0. The van der Waals surface area contributed by atoms with E-state index in [1.165, 1.54) is 18.2 Å². The van der Waals surface area contributed by atoms with Crippen LogP contribution in [0, 0.1) is 24.0 Å². The first kappa shape index (κ1) is 21.5. The zero-order valence-electron chi connectivity index (χ0n) is 18.7. The second-order valence-electron chi connectivity index (χ2n) is 8.59.